The van der Waals surface area contributed by atoms with Crippen molar-refractivity contribution in [2.45, 2.75) is 38.9 Å². The van der Waals surface area contributed by atoms with E-state index in [9.17, 15) is 9.59 Å². The topological polar surface area (TPSA) is 79.3 Å². The molecule has 1 aromatic heterocycles. The quantitative estimate of drug-likeness (QED) is 0.842. The third-order valence-electron chi connectivity index (χ3n) is 4.17. The average molecular weight is 341 g/mol. The number of hydrogen-bond acceptors (Lipinski definition) is 3. The number of nitrogens with one attached hydrogen (secondary N) is 2. The Balaban J connectivity index is 1.44. The van der Waals surface area contributed by atoms with E-state index < -0.39 is 0 Å². The molecule has 0 radical (unpaired) electrons. The van der Waals surface area contributed by atoms with Gasteiger partial charge in [-0.15, -0.1) is 0 Å². The maximum absolute atomic E-state index is 12.0. The third-order valence-corrected chi connectivity index (χ3v) is 4.17. The van der Waals surface area contributed by atoms with E-state index >= 15 is 0 Å². The molecule has 25 heavy (non-hydrogen) atoms. The monoisotopic (exact) mass is 341 g/mol. The van der Waals surface area contributed by atoms with Crippen LogP contribution in [0.25, 0.3) is 0 Å². The first-order chi connectivity index (χ1) is 12.1. The molecule has 132 valence electrons. The standard InChI is InChI=1S/C18H23N5O2/c1-14(13-22-10-3-9-20-22)21-18(25)19-12-15-5-7-16(8-6-15)23-11-2-4-17(23)24/h3,5-10,14H,2,4,11-13H2,1H3,(H2,19,21,25)/t14-/m1/s1. The Kier molecular flexibility index (Phi) is 5.33. The molecule has 2 aromatic rings. The smallest absolute Gasteiger partial charge is 0.315 e. The van der Waals surface area contributed by atoms with E-state index in [0.29, 0.717) is 19.5 Å². The van der Waals surface area contributed by atoms with Gasteiger partial charge in [0.15, 0.2) is 0 Å². The Bertz CT molecular complexity index is 712. The normalized spacial score (nSPS) is 15.2. The molecular weight excluding hydrogens is 318 g/mol. The highest BCUT2D eigenvalue weighted by Crippen LogP contribution is 2.21. The number of hydrogen-bond donors (Lipinski definition) is 2. The summed E-state index contributed by atoms with van der Waals surface area (Å²) in [6.45, 7) is 3.78. The van der Waals surface area contributed by atoms with Gasteiger partial charge in [0.2, 0.25) is 5.91 Å². The lowest BCUT2D eigenvalue weighted by molar-refractivity contribution is -0.117. The highest BCUT2D eigenvalue weighted by molar-refractivity contribution is 5.95. The molecule has 0 saturated carbocycles. The molecular formula is C18H23N5O2. The van der Waals surface area contributed by atoms with E-state index in [2.05, 4.69) is 15.7 Å². The first-order valence-corrected chi connectivity index (χ1v) is 8.53. The van der Waals surface area contributed by atoms with Gasteiger partial charge in [0.1, 0.15) is 0 Å². The Morgan fingerprint density at radius 1 is 1.32 bits per heavy atom. The van der Waals surface area contributed by atoms with Crippen molar-refractivity contribution >= 4 is 17.6 Å². The Labute approximate surface area is 147 Å². The van der Waals surface area contributed by atoms with Crippen LogP contribution in [0, 0.1) is 0 Å². The van der Waals surface area contributed by atoms with E-state index in [-0.39, 0.29) is 18.0 Å². The van der Waals surface area contributed by atoms with Crippen molar-refractivity contribution in [3.8, 4) is 0 Å². The van der Waals surface area contributed by atoms with Gasteiger partial charge in [0, 0.05) is 43.6 Å². The number of rotatable bonds is 6. The van der Waals surface area contributed by atoms with Crippen molar-refractivity contribution in [2.75, 3.05) is 11.4 Å². The number of aromatic nitrogens is 2. The molecule has 7 nitrogen and oxygen atoms in total. The molecule has 3 rings (SSSR count). The minimum Gasteiger partial charge on any atom is -0.334 e. The van der Waals surface area contributed by atoms with E-state index in [4.69, 9.17) is 0 Å². The summed E-state index contributed by atoms with van der Waals surface area (Å²) in [7, 11) is 0. The van der Waals surface area contributed by atoms with Crippen molar-refractivity contribution in [1.29, 1.82) is 0 Å². The number of nitrogens with zero attached hydrogens (tertiary/aromatic N) is 3. The molecule has 1 atom stereocenters. The summed E-state index contributed by atoms with van der Waals surface area (Å²) >= 11 is 0. The van der Waals surface area contributed by atoms with Gasteiger partial charge < -0.3 is 15.5 Å². The number of amides is 3. The lowest BCUT2D eigenvalue weighted by atomic mass is 10.2. The summed E-state index contributed by atoms with van der Waals surface area (Å²) < 4.78 is 1.78. The summed E-state index contributed by atoms with van der Waals surface area (Å²) in [4.78, 5) is 25.5. The Hall–Kier alpha value is -2.83. The minimum atomic E-state index is -0.210. The highest BCUT2D eigenvalue weighted by atomic mass is 16.2. The predicted molar refractivity (Wildman–Crippen MR) is 95.1 cm³/mol. The highest BCUT2D eigenvalue weighted by Gasteiger charge is 2.21. The molecule has 0 bridgehead atoms. The summed E-state index contributed by atoms with van der Waals surface area (Å²) in [5.74, 6) is 0.177. The van der Waals surface area contributed by atoms with E-state index in [1.807, 2.05) is 43.5 Å². The molecule has 0 spiro atoms. The Morgan fingerprint density at radius 3 is 2.76 bits per heavy atom. The van der Waals surface area contributed by atoms with Gasteiger partial charge in [0.25, 0.3) is 0 Å². The number of anilines is 1. The molecule has 1 saturated heterocycles. The Morgan fingerprint density at radius 2 is 2.12 bits per heavy atom. The molecule has 2 N–H and O–H groups in total. The van der Waals surface area contributed by atoms with Crippen molar-refractivity contribution in [1.82, 2.24) is 20.4 Å². The van der Waals surface area contributed by atoms with Crippen LogP contribution in [0.5, 0.6) is 0 Å². The zero-order valence-corrected chi connectivity index (χ0v) is 14.3. The maximum atomic E-state index is 12.0. The van der Waals surface area contributed by atoms with Crippen molar-refractivity contribution in [3.05, 3.63) is 48.3 Å². The summed E-state index contributed by atoms with van der Waals surface area (Å²) in [6, 6.07) is 9.35. The van der Waals surface area contributed by atoms with Gasteiger partial charge in [-0.1, -0.05) is 12.1 Å². The van der Waals surface area contributed by atoms with Gasteiger partial charge in [-0.3, -0.25) is 9.48 Å². The molecule has 3 amide bonds. The van der Waals surface area contributed by atoms with Gasteiger partial charge in [-0.2, -0.15) is 5.10 Å². The SMILES string of the molecule is C[C@H](Cn1cccn1)NC(=O)NCc1ccc(N2CCCC2=O)cc1. The van der Waals surface area contributed by atoms with Crippen LogP contribution in [0.3, 0.4) is 0 Å². The van der Waals surface area contributed by atoms with Gasteiger partial charge >= 0.3 is 6.03 Å². The van der Waals surface area contributed by atoms with Crippen LogP contribution in [-0.4, -0.2) is 34.3 Å². The largest absolute Gasteiger partial charge is 0.334 e. The lowest BCUT2D eigenvalue weighted by Gasteiger charge is -2.17. The van der Waals surface area contributed by atoms with Crippen LogP contribution in [0.4, 0.5) is 10.5 Å². The number of carbonyl (C=O) groups excluding carboxylic acids is 2. The molecule has 1 aliphatic heterocycles. The van der Waals surface area contributed by atoms with Crippen LogP contribution in [0.1, 0.15) is 25.3 Å². The predicted octanol–water partition coefficient (Wildman–Crippen LogP) is 1.90. The van der Waals surface area contributed by atoms with Gasteiger partial charge in [-0.05, 0) is 37.1 Å². The van der Waals surface area contributed by atoms with E-state index in [0.717, 1.165) is 24.2 Å². The van der Waals surface area contributed by atoms with Crippen LogP contribution < -0.4 is 15.5 Å². The van der Waals surface area contributed by atoms with Gasteiger partial charge in [-0.25, -0.2) is 4.79 Å². The van der Waals surface area contributed by atoms with Crippen molar-refractivity contribution in [3.63, 3.8) is 0 Å². The van der Waals surface area contributed by atoms with Crippen molar-refractivity contribution < 1.29 is 9.59 Å². The lowest BCUT2D eigenvalue weighted by Crippen LogP contribution is -2.42. The molecule has 7 heteroatoms. The zero-order valence-electron chi connectivity index (χ0n) is 14.3. The minimum absolute atomic E-state index is 0.0246. The van der Waals surface area contributed by atoms with Crippen molar-refractivity contribution in [2.24, 2.45) is 0 Å². The average Bonchev–Trinajstić information content (AvgIpc) is 3.25. The van der Waals surface area contributed by atoms with Crippen LogP contribution in [-0.2, 0) is 17.9 Å². The molecule has 2 heterocycles. The van der Waals surface area contributed by atoms with Gasteiger partial charge in [0.05, 0.1) is 6.54 Å². The fraction of sp³-hybridized carbons (Fsp3) is 0.389. The molecule has 1 aliphatic rings. The van der Waals surface area contributed by atoms with E-state index in [1.54, 1.807) is 15.8 Å². The summed E-state index contributed by atoms with van der Waals surface area (Å²) in [5, 5.41) is 9.85. The fourth-order valence-corrected chi connectivity index (χ4v) is 2.91. The second-order valence-corrected chi connectivity index (χ2v) is 6.27. The summed E-state index contributed by atoms with van der Waals surface area (Å²) in [6.07, 6.45) is 5.12. The number of carbonyl (C=O) groups is 2. The van der Waals surface area contributed by atoms with Crippen LogP contribution in [0.2, 0.25) is 0 Å². The van der Waals surface area contributed by atoms with E-state index in [1.165, 1.54) is 0 Å². The summed E-state index contributed by atoms with van der Waals surface area (Å²) in [5.41, 5.74) is 1.91. The molecule has 0 aliphatic carbocycles. The number of benzene rings is 1. The maximum Gasteiger partial charge on any atom is 0.315 e. The fourth-order valence-electron chi connectivity index (χ4n) is 2.91. The number of urea groups is 1. The zero-order chi connectivity index (χ0) is 17.6. The first kappa shape index (κ1) is 17.0. The van der Waals surface area contributed by atoms with Crippen LogP contribution >= 0.6 is 0 Å². The second-order valence-electron chi connectivity index (χ2n) is 6.27. The molecule has 0 unspecified atom stereocenters. The second kappa shape index (κ2) is 7.83. The van der Waals surface area contributed by atoms with Crippen LogP contribution in [0.15, 0.2) is 42.7 Å². The molecule has 1 fully saturated rings. The molecule has 1 aromatic carbocycles. The first-order valence-electron chi connectivity index (χ1n) is 8.53. The third kappa shape index (κ3) is 4.59.